The van der Waals surface area contributed by atoms with Gasteiger partial charge in [0.25, 0.3) is 5.91 Å². The summed E-state index contributed by atoms with van der Waals surface area (Å²) in [5, 5.41) is 14.6. The van der Waals surface area contributed by atoms with Gasteiger partial charge in [0.2, 0.25) is 10.9 Å². The lowest BCUT2D eigenvalue weighted by Crippen LogP contribution is -2.11. The van der Waals surface area contributed by atoms with Crippen molar-refractivity contribution in [2.45, 2.75) is 0 Å². The number of pyridine rings is 1. The zero-order valence-corrected chi connectivity index (χ0v) is 16.5. The fraction of sp³-hybridized carbons (Fsp3) is 0. The first-order chi connectivity index (χ1) is 14.7. The van der Waals surface area contributed by atoms with Gasteiger partial charge in [0.1, 0.15) is 0 Å². The summed E-state index contributed by atoms with van der Waals surface area (Å²) >= 11 is 7.62. The van der Waals surface area contributed by atoms with E-state index in [0.29, 0.717) is 32.9 Å². The van der Waals surface area contributed by atoms with E-state index in [9.17, 15) is 4.79 Å². The molecular formula is C18H11ClN8O2S. The number of H-pyrrole nitrogens is 1. The molecule has 4 aromatic heterocycles. The Hall–Kier alpha value is -3.83. The van der Waals surface area contributed by atoms with Gasteiger partial charge in [-0.1, -0.05) is 11.6 Å². The Morgan fingerprint density at radius 3 is 2.97 bits per heavy atom. The highest BCUT2D eigenvalue weighted by molar-refractivity contribution is 7.10. The summed E-state index contributed by atoms with van der Waals surface area (Å²) in [5.74, 6) is 0.140. The van der Waals surface area contributed by atoms with E-state index in [1.807, 2.05) is 12.1 Å². The maximum atomic E-state index is 12.1. The standard InChI is InChI=1S/C18H11ClN8O2S/c19-15-11-6-22-26-12(11)1-2-13(15)24-18-25-16(27-30-18)9-3-10(5-20-4-9)23-17(28)14-7-21-8-29-14/h1-8H,(H,22,26)(H,23,28)(H,24,25,27). The second kappa shape index (κ2) is 7.54. The highest BCUT2D eigenvalue weighted by atomic mass is 35.5. The second-order valence-electron chi connectivity index (χ2n) is 6.09. The minimum Gasteiger partial charge on any atom is -0.438 e. The van der Waals surface area contributed by atoms with Crippen molar-refractivity contribution in [2.24, 2.45) is 0 Å². The first-order valence-electron chi connectivity index (χ1n) is 8.55. The van der Waals surface area contributed by atoms with Gasteiger partial charge in [-0.25, -0.2) is 4.98 Å². The van der Waals surface area contributed by atoms with Gasteiger partial charge in [-0.15, -0.1) is 0 Å². The maximum absolute atomic E-state index is 12.1. The van der Waals surface area contributed by atoms with Crippen LogP contribution in [-0.4, -0.2) is 35.4 Å². The number of hydrogen-bond acceptors (Lipinski definition) is 9. The summed E-state index contributed by atoms with van der Waals surface area (Å²) in [6.07, 6.45) is 7.31. The number of amides is 1. The third-order valence-electron chi connectivity index (χ3n) is 4.14. The van der Waals surface area contributed by atoms with E-state index in [-0.39, 0.29) is 5.76 Å². The minimum atomic E-state index is -0.427. The number of carbonyl (C=O) groups excluding carboxylic acids is 1. The van der Waals surface area contributed by atoms with E-state index in [1.165, 1.54) is 30.3 Å². The van der Waals surface area contributed by atoms with Gasteiger partial charge in [-0.2, -0.15) is 14.5 Å². The SMILES string of the molecule is O=C(Nc1cncc(-c2nsc(Nc3ccc4[nH]ncc4c3Cl)n2)c1)c1cnco1. The number of fused-ring (bicyclic) bond motifs is 1. The van der Waals surface area contributed by atoms with Gasteiger partial charge >= 0.3 is 0 Å². The molecule has 10 nitrogen and oxygen atoms in total. The number of anilines is 3. The van der Waals surface area contributed by atoms with Gasteiger partial charge in [-0.3, -0.25) is 14.9 Å². The highest BCUT2D eigenvalue weighted by Gasteiger charge is 2.13. The Bertz CT molecular complexity index is 1350. The Morgan fingerprint density at radius 1 is 1.17 bits per heavy atom. The predicted molar refractivity (Wildman–Crippen MR) is 112 cm³/mol. The number of benzene rings is 1. The molecular weight excluding hydrogens is 428 g/mol. The molecule has 0 aliphatic carbocycles. The molecule has 148 valence electrons. The van der Waals surface area contributed by atoms with E-state index >= 15 is 0 Å². The van der Waals surface area contributed by atoms with Crippen molar-refractivity contribution in [3.63, 3.8) is 0 Å². The highest BCUT2D eigenvalue weighted by Crippen LogP contribution is 2.33. The van der Waals surface area contributed by atoms with Crippen LogP contribution in [0.15, 0.2) is 53.8 Å². The largest absolute Gasteiger partial charge is 0.438 e. The topological polar surface area (TPSA) is 135 Å². The molecule has 1 aromatic carbocycles. The first kappa shape index (κ1) is 18.2. The van der Waals surface area contributed by atoms with Crippen LogP contribution in [-0.2, 0) is 0 Å². The number of halogens is 1. The van der Waals surface area contributed by atoms with Crippen LogP contribution < -0.4 is 10.6 Å². The van der Waals surface area contributed by atoms with E-state index in [2.05, 4.69) is 40.2 Å². The minimum absolute atomic E-state index is 0.102. The Balaban J connectivity index is 1.36. The predicted octanol–water partition coefficient (Wildman–Crippen LogP) is 4.11. The van der Waals surface area contributed by atoms with Crippen molar-refractivity contribution in [1.82, 2.24) is 29.5 Å². The van der Waals surface area contributed by atoms with Gasteiger partial charge in [0.05, 0.1) is 40.5 Å². The molecule has 0 aliphatic rings. The number of oxazole rings is 1. The van der Waals surface area contributed by atoms with Crippen LogP contribution in [0.3, 0.4) is 0 Å². The quantitative estimate of drug-likeness (QED) is 0.373. The van der Waals surface area contributed by atoms with Crippen LogP contribution in [0.1, 0.15) is 10.6 Å². The summed E-state index contributed by atoms with van der Waals surface area (Å²) in [4.78, 5) is 24.5. The summed E-state index contributed by atoms with van der Waals surface area (Å²) in [6.45, 7) is 0. The lowest BCUT2D eigenvalue weighted by molar-refractivity contribution is 0.0996. The van der Waals surface area contributed by atoms with E-state index in [0.717, 1.165) is 10.9 Å². The number of rotatable bonds is 5. The second-order valence-corrected chi connectivity index (χ2v) is 7.22. The number of carbonyl (C=O) groups is 1. The summed E-state index contributed by atoms with van der Waals surface area (Å²) in [5.41, 5.74) is 2.66. The van der Waals surface area contributed by atoms with Gasteiger partial charge in [0, 0.05) is 28.7 Å². The van der Waals surface area contributed by atoms with Gasteiger partial charge < -0.3 is 15.1 Å². The number of aromatic amines is 1. The summed E-state index contributed by atoms with van der Waals surface area (Å²) in [6, 6.07) is 5.44. The molecule has 0 aliphatic heterocycles. The van der Waals surface area contributed by atoms with Gasteiger partial charge in [-0.05, 0) is 18.2 Å². The lowest BCUT2D eigenvalue weighted by atomic mass is 10.2. The molecule has 0 unspecified atom stereocenters. The molecule has 0 fully saturated rings. The molecule has 30 heavy (non-hydrogen) atoms. The fourth-order valence-electron chi connectivity index (χ4n) is 2.74. The van der Waals surface area contributed by atoms with Gasteiger partial charge in [0.15, 0.2) is 12.2 Å². The molecule has 3 N–H and O–H groups in total. The number of nitrogens with zero attached hydrogens (tertiary/aromatic N) is 5. The zero-order chi connectivity index (χ0) is 20.5. The number of hydrogen-bond donors (Lipinski definition) is 3. The molecule has 0 radical (unpaired) electrons. The number of aromatic nitrogens is 6. The molecule has 5 rings (SSSR count). The molecule has 4 heterocycles. The van der Waals surface area contributed by atoms with E-state index in [1.54, 1.807) is 18.5 Å². The van der Waals surface area contributed by atoms with Crippen LogP contribution >= 0.6 is 23.1 Å². The first-order valence-corrected chi connectivity index (χ1v) is 9.70. The van der Waals surface area contributed by atoms with Crippen molar-refractivity contribution in [2.75, 3.05) is 10.6 Å². The lowest BCUT2D eigenvalue weighted by Gasteiger charge is -2.05. The molecule has 1 amide bonds. The third-order valence-corrected chi connectivity index (χ3v) is 5.17. The van der Waals surface area contributed by atoms with Crippen molar-refractivity contribution in [3.8, 4) is 11.4 Å². The average molecular weight is 439 g/mol. The van der Waals surface area contributed by atoms with E-state index < -0.39 is 5.91 Å². The molecule has 0 bridgehead atoms. The molecule has 0 spiro atoms. The number of nitrogens with one attached hydrogen (secondary N) is 3. The van der Waals surface area contributed by atoms with E-state index in [4.69, 9.17) is 16.0 Å². The van der Waals surface area contributed by atoms with Crippen molar-refractivity contribution in [3.05, 3.63) is 60.2 Å². The fourth-order valence-corrected chi connectivity index (χ4v) is 3.60. The monoisotopic (exact) mass is 438 g/mol. The van der Waals surface area contributed by atoms with Crippen LogP contribution in [0.2, 0.25) is 5.02 Å². The van der Waals surface area contributed by atoms with Crippen LogP contribution in [0.5, 0.6) is 0 Å². The average Bonchev–Trinajstić information content (AvgIpc) is 3.52. The smallest absolute Gasteiger partial charge is 0.293 e. The Morgan fingerprint density at radius 2 is 2.10 bits per heavy atom. The maximum Gasteiger partial charge on any atom is 0.293 e. The molecule has 0 saturated carbocycles. The normalized spacial score (nSPS) is 11.0. The third kappa shape index (κ3) is 3.47. The molecule has 0 saturated heterocycles. The molecule has 0 atom stereocenters. The molecule has 5 aromatic rings. The van der Waals surface area contributed by atoms with Crippen molar-refractivity contribution < 1.29 is 9.21 Å². The summed E-state index contributed by atoms with van der Waals surface area (Å²) < 4.78 is 9.34. The molecule has 12 heteroatoms. The van der Waals surface area contributed by atoms with Crippen LogP contribution in [0, 0.1) is 0 Å². The van der Waals surface area contributed by atoms with Crippen LogP contribution in [0.4, 0.5) is 16.5 Å². The summed E-state index contributed by atoms with van der Waals surface area (Å²) in [7, 11) is 0. The van der Waals surface area contributed by atoms with Crippen LogP contribution in [0.25, 0.3) is 22.3 Å². The van der Waals surface area contributed by atoms with Crippen molar-refractivity contribution >= 4 is 56.4 Å². The zero-order valence-electron chi connectivity index (χ0n) is 15.0. The Labute approximate surface area is 177 Å². The van der Waals surface area contributed by atoms with Crippen molar-refractivity contribution in [1.29, 1.82) is 0 Å². The Kier molecular flexibility index (Phi) is 4.58.